The first-order valence-corrected chi connectivity index (χ1v) is 10.4. The summed E-state index contributed by atoms with van der Waals surface area (Å²) in [4.78, 5) is 16.8. The Morgan fingerprint density at radius 3 is 2.68 bits per heavy atom. The van der Waals surface area contributed by atoms with Crippen molar-refractivity contribution in [1.82, 2.24) is 20.0 Å². The minimum Gasteiger partial charge on any atom is -0.489 e. The van der Waals surface area contributed by atoms with Crippen molar-refractivity contribution in [3.63, 3.8) is 0 Å². The maximum Gasteiger partial charge on any atom is 0.413 e. The molecule has 3 N–H and O–H groups in total. The molecule has 2 aromatic rings. The average Bonchev–Trinajstić information content (AvgIpc) is 3.02. The van der Waals surface area contributed by atoms with Crippen LogP contribution in [-0.2, 0) is 11.8 Å². The molecule has 0 unspecified atom stereocenters. The van der Waals surface area contributed by atoms with Gasteiger partial charge in [-0.25, -0.2) is 14.5 Å². The molecule has 10 nitrogen and oxygen atoms in total. The van der Waals surface area contributed by atoms with Gasteiger partial charge in [-0.3, -0.25) is 5.32 Å². The predicted molar refractivity (Wildman–Crippen MR) is 113 cm³/mol. The Labute approximate surface area is 181 Å². The highest BCUT2D eigenvalue weighted by atomic mass is 16.6. The third kappa shape index (κ3) is 5.92. The fourth-order valence-corrected chi connectivity index (χ4v) is 3.61. The fourth-order valence-electron chi connectivity index (χ4n) is 3.61. The van der Waals surface area contributed by atoms with Gasteiger partial charge in [0.2, 0.25) is 0 Å². The molecule has 0 aliphatic heterocycles. The van der Waals surface area contributed by atoms with Crippen LogP contribution in [0.3, 0.4) is 0 Å². The summed E-state index contributed by atoms with van der Waals surface area (Å²) in [7, 11) is 1.67. The topological polar surface area (TPSA) is 132 Å². The molecule has 1 amide bonds. The van der Waals surface area contributed by atoms with E-state index < -0.39 is 18.0 Å². The van der Waals surface area contributed by atoms with E-state index in [1.165, 1.54) is 4.68 Å². The highest BCUT2D eigenvalue weighted by molar-refractivity contribution is 5.88. The summed E-state index contributed by atoms with van der Waals surface area (Å²) in [5.74, 6) is 0.835. The molecule has 10 heteroatoms. The number of aromatic nitrogens is 4. The van der Waals surface area contributed by atoms with E-state index in [0.717, 1.165) is 19.3 Å². The van der Waals surface area contributed by atoms with Gasteiger partial charge in [0, 0.05) is 13.0 Å². The number of ether oxygens (including phenoxy) is 2. The van der Waals surface area contributed by atoms with Crippen LogP contribution in [0, 0.1) is 12.8 Å². The molecule has 1 fully saturated rings. The van der Waals surface area contributed by atoms with Gasteiger partial charge in [0.25, 0.3) is 0 Å². The summed E-state index contributed by atoms with van der Waals surface area (Å²) in [6, 6.07) is 3.57. The average molecular weight is 434 g/mol. The zero-order valence-electron chi connectivity index (χ0n) is 18.6. The van der Waals surface area contributed by atoms with Crippen molar-refractivity contribution >= 4 is 11.9 Å². The van der Waals surface area contributed by atoms with Gasteiger partial charge in [-0.2, -0.15) is 0 Å². The number of hydrogen-bond acceptors (Lipinski definition) is 8. The number of pyridine rings is 1. The number of nitrogens with one attached hydrogen (secondary N) is 1. The van der Waals surface area contributed by atoms with Crippen molar-refractivity contribution in [2.24, 2.45) is 13.0 Å². The van der Waals surface area contributed by atoms with Gasteiger partial charge < -0.3 is 19.7 Å². The number of hydrogen-bond donors (Lipinski definition) is 3. The van der Waals surface area contributed by atoms with Crippen LogP contribution in [0.5, 0.6) is 5.75 Å². The third-order valence-corrected chi connectivity index (χ3v) is 5.11. The van der Waals surface area contributed by atoms with E-state index in [-0.39, 0.29) is 12.0 Å². The zero-order chi connectivity index (χ0) is 22.8. The summed E-state index contributed by atoms with van der Waals surface area (Å²) in [6.07, 6.45) is 1.11. The Balaban J connectivity index is 1.75. The second-order valence-electron chi connectivity index (χ2n) is 8.90. The molecule has 170 valence electrons. The number of anilines is 1. The van der Waals surface area contributed by atoms with E-state index in [1.807, 2.05) is 13.0 Å². The van der Waals surface area contributed by atoms with Crippen molar-refractivity contribution in [2.75, 3.05) is 5.32 Å². The Hall–Kier alpha value is -2.72. The van der Waals surface area contributed by atoms with Crippen molar-refractivity contribution in [1.29, 1.82) is 0 Å². The van der Waals surface area contributed by atoms with E-state index in [2.05, 4.69) is 20.6 Å². The monoisotopic (exact) mass is 433 g/mol. The van der Waals surface area contributed by atoms with Crippen LogP contribution < -0.4 is 10.1 Å². The molecule has 2 heterocycles. The van der Waals surface area contributed by atoms with Crippen LogP contribution in [0.4, 0.5) is 10.6 Å². The van der Waals surface area contributed by atoms with E-state index in [9.17, 15) is 15.0 Å². The van der Waals surface area contributed by atoms with E-state index in [1.54, 1.807) is 33.9 Å². The second kappa shape index (κ2) is 9.19. The summed E-state index contributed by atoms with van der Waals surface area (Å²) >= 11 is 0. The molecule has 31 heavy (non-hydrogen) atoms. The van der Waals surface area contributed by atoms with Crippen molar-refractivity contribution in [2.45, 2.75) is 71.4 Å². The van der Waals surface area contributed by atoms with Crippen LogP contribution in [0.15, 0.2) is 12.1 Å². The largest absolute Gasteiger partial charge is 0.489 e. The van der Waals surface area contributed by atoms with E-state index in [0.29, 0.717) is 35.1 Å². The Bertz CT molecular complexity index is 921. The lowest BCUT2D eigenvalue weighted by atomic mass is 9.87. The molecule has 2 aromatic heterocycles. The summed E-state index contributed by atoms with van der Waals surface area (Å²) in [5.41, 5.74) is 0.993. The standard InChI is InChI=1S/C21H31N5O5/c1-12-16(30-14-8-6-7-13(11-14)19(27)28)10-9-15(22-12)17-18(26(5)25-24-17)23-20(29)31-21(2,3)4/h9-10,13-14,19,27-28H,6-8,11H2,1-5H3,(H,23,29)/t13-,14-/m0/s1. The number of aliphatic hydroxyl groups is 2. The van der Waals surface area contributed by atoms with Crippen molar-refractivity contribution in [3.05, 3.63) is 17.8 Å². The number of carbonyl (C=O) groups excluding carboxylic acids is 1. The fraction of sp³-hybridized carbons (Fsp3) is 0.619. The number of nitrogens with zero attached hydrogens (tertiary/aromatic N) is 4. The van der Waals surface area contributed by atoms with E-state index >= 15 is 0 Å². The van der Waals surface area contributed by atoms with Gasteiger partial charge in [0.15, 0.2) is 17.8 Å². The normalized spacial score (nSPS) is 19.4. The van der Waals surface area contributed by atoms with Crippen LogP contribution in [0.1, 0.15) is 52.1 Å². The van der Waals surface area contributed by atoms with Crippen LogP contribution >= 0.6 is 0 Å². The number of aliphatic hydroxyl groups excluding tert-OH is 1. The summed E-state index contributed by atoms with van der Waals surface area (Å²) < 4.78 is 12.9. The van der Waals surface area contributed by atoms with Crippen molar-refractivity contribution < 1.29 is 24.5 Å². The Kier molecular flexibility index (Phi) is 6.80. The van der Waals surface area contributed by atoms with Gasteiger partial charge in [-0.15, -0.1) is 5.10 Å². The highest BCUT2D eigenvalue weighted by Crippen LogP contribution is 2.32. The lowest BCUT2D eigenvalue weighted by Gasteiger charge is -2.30. The minimum absolute atomic E-state index is 0.0900. The molecule has 0 radical (unpaired) electrons. The number of rotatable bonds is 5. The van der Waals surface area contributed by atoms with Gasteiger partial charge in [0.05, 0.1) is 17.5 Å². The highest BCUT2D eigenvalue weighted by Gasteiger charge is 2.28. The SMILES string of the molecule is Cc1nc(-c2nnn(C)c2NC(=O)OC(C)(C)C)ccc1O[C@H]1CCC[C@H](C(O)O)C1. The minimum atomic E-state index is -1.32. The summed E-state index contributed by atoms with van der Waals surface area (Å²) in [6.45, 7) is 7.19. The van der Waals surface area contributed by atoms with Crippen molar-refractivity contribution in [3.8, 4) is 17.1 Å². The predicted octanol–water partition coefficient (Wildman–Crippen LogP) is 2.78. The van der Waals surface area contributed by atoms with Crippen LogP contribution in [-0.4, -0.2) is 54.3 Å². The molecule has 0 spiro atoms. The molecular formula is C21H31N5O5. The first-order chi connectivity index (χ1) is 14.5. The molecule has 0 aromatic carbocycles. The number of carbonyl (C=O) groups is 1. The van der Waals surface area contributed by atoms with E-state index in [4.69, 9.17) is 9.47 Å². The number of amides is 1. The van der Waals surface area contributed by atoms with Crippen LogP contribution in [0.25, 0.3) is 11.4 Å². The third-order valence-electron chi connectivity index (χ3n) is 5.11. The Morgan fingerprint density at radius 1 is 1.29 bits per heavy atom. The quantitative estimate of drug-likeness (QED) is 0.613. The molecule has 0 bridgehead atoms. The maximum atomic E-state index is 12.2. The zero-order valence-corrected chi connectivity index (χ0v) is 18.6. The van der Waals surface area contributed by atoms with Gasteiger partial charge >= 0.3 is 6.09 Å². The lowest BCUT2D eigenvalue weighted by molar-refractivity contribution is -0.103. The molecular weight excluding hydrogens is 402 g/mol. The molecule has 3 rings (SSSR count). The molecule has 2 atom stereocenters. The molecule has 1 aliphatic carbocycles. The maximum absolute atomic E-state index is 12.2. The molecule has 1 aliphatic rings. The molecule has 1 saturated carbocycles. The number of aryl methyl sites for hydroxylation is 2. The van der Waals surface area contributed by atoms with Gasteiger partial charge in [0.1, 0.15) is 11.4 Å². The van der Waals surface area contributed by atoms with Gasteiger partial charge in [-0.1, -0.05) is 5.21 Å². The first kappa shape index (κ1) is 23.0. The lowest BCUT2D eigenvalue weighted by Crippen LogP contribution is -2.32. The Morgan fingerprint density at radius 2 is 2.03 bits per heavy atom. The molecule has 0 saturated heterocycles. The smallest absolute Gasteiger partial charge is 0.413 e. The van der Waals surface area contributed by atoms with Crippen LogP contribution in [0.2, 0.25) is 0 Å². The van der Waals surface area contributed by atoms with Gasteiger partial charge in [-0.05, 0) is 65.5 Å². The second-order valence-corrected chi connectivity index (χ2v) is 8.90. The summed E-state index contributed by atoms with van der Waals surface area (Å²) in [5, 5.41) is 29.7. The first-order valence-electron chi connectivity index (χ1n) is 10.4.